The monoisotopic (exact) mass is 382 g/mol. The standard InChI is InChI=1S/C19H24ClFN2O3/c1-19(2,3)26-18(24)23-9-4-5-14(12-23)17(25-10-8-22)13-6-7-16(21)15(20)11-13/h6-7,11,14,17H,4-5,9-10,12H2,1-3H3. The fourth-order valence-electron chi connectivity index (χ4n) is 3.07. The molecule has 1 aliphatic heterocycles. The second-order valence-corrected chi connectivity index (χ2v) is 7.80. The first kappa shape index (κ1) is 20.5. The summed E-state index contributed by atoms with van der Waals surface area (Å²) in [6, 6.07) is 6.38. The number of likely N-dealkylation sites (tertiary alicyclic amines) is 1. The number of rotatable bonds is 4. The molecule has 2 unspecified atom stereocenters. The highest BCUT2D eigenvalue weighted by Crippen LogP contribution is 2.34. The summed E-state index contributed by atoms with van der Waals surface area (Å²) in [5.74, 6) is -0.542. The van der Waals surface area contributed by atoms with Gasteiger partial charge in [0.25, 0.3) is 0 Å². The van der Waals surface area contributed by atoms with Crippen LogP contribution in [0.1, 0.15) is 45.3 Å². The number of piperidine rings is 1. The van der Waals surface area contributed by atoms with Gasteiger partial charge < -0.3 is 14.4 Å². The lowest BCUT2D eigenvalue weighted by Crippen LogP contribution is -2.44. The van der Waals surface area contributed by atoms with Gasteiger partial charge in [0.05, 0.1) is 17.2 Å². The number of carbonyl (C=O) groups is 1. The van der Waals surface area contributed by atoms with Crippen LogP contribution in [0.3, 0.4) is 0 Å². The summed E-state index contributed by atoms with van der Waals surface area (Å²) in [6.07, 6.45) is 0.812. The molecule has 0 radical (unpaired) electrons. The van der Waals surface area contributed by atoms with E-state index in [9.17, 15) is 9.18 Å². The minimum Gasteiger partial charge on any atom is -0.444 e. The third-order valence-electron chi connectivity index (χ3n) is 4.14. The van der Waals surface area contributed by atoms with Gasteiger partial charge in [-0.2, -0.15) is 5.26 Å². The van der Waals surface area contributed by atoms with E-state index in [2.05, 4.69) is 0 Å². The molecular formula is C19H24ClFN2O3. The first-order valence-electron chi connectivity index (χ1n) is 8.62. The Morgan fingerprint density at radius 3 is 2.85 bits per heavy atom. The fourth-order valence-corrected chi connectivity index (χ4v) is 3.26. The van der Waals surface area contributed by atoms with Gasteiger partial charge in [0.1, 0.15) is 18.0 Å². The van der Waals surface area contributed by atoms with Crippen LogP contribution in [0.15, 0.2) is 18.2 Å². The molecule has 1 heterocycles. The highest BCUT2D eigenvalue weighted by molar-refractivity contribution is 6.30. The molecule has 5 nitrogen and oxygen atoms in total. The largest absolute Gasteiger partial charge is 0.444 e. The molecule has 0 aromatic heterocycles. The zero-order chi connectivity index (χ0) is 19.3. The van der Waals surface area contributed by atoms with Crippen molar-refractivity contribution in [3.8, 4) is 6.07 Å². The van der Waals surface area contributed by atoms with Gasteiger partial charge in [0, 0.05) is 19.0 Å². The van der Waals surface area contributed by atoms with Crippen LogP contribution < -0.4 is 0 Å². The Labute approximate surface area is 158 Å². The highest BCUT2D eigenvalue weighted by Gasteiger charge is 2.33. The second kappa shape index (κ2) is 8.70. The molecule has 7 heteroatoms. The quantitative estimate of drug-likeness (QED) is 0.756. The predicted octanol–water partition coefficient (Wildman–Crippen LogP) is 4.71. The molecule has 0 saturated carbocycles. The second-order valence-electron chi connectivity index (χ2n) is 7.39. The van der Waals surface area contributed by atoms with E-state index in [1.54, 1.807) is 11.0 Å². The third-order valence-corrected chi connectivity index (χ3v) is 4.43. The van der Waals surface area contributed by atoms with Gasteiger partial charge in [-0.25, -0.2) is 9.18 Å². The van der Waals surface area contributed by atoms with Crippen molar-refractivity contribution in [2.24, 2.45) is 5.92 Å². The van der Waals surface area contributed by atoms with Crippen molar-refractivity contribution in [2.75, 3.05) is 19.7 Å². The first-order valence-corrected chi connectivity index (χ1v) is 9.00. The minimum atomic E-state index is -0.564. The summed E-state index contributed by atoms with van der Waals surface area (Å²) < 4.78 is 24.7. The van der Waals surface area contributed by atoms with Crippen molar-refractivity contribution in [1.29, 1.82) is 5.26 Å². The van der Waals surface area contributed by atoms with Gasteiger partial charge in [-0.05, 0) is 51.3 Å². The number of carbonyl (C=O) groups excluding carboxylic acids is 1. The summed E-state index contributed by atoms with van der Waals surface area (Å²) in [7, 11) is 0. The molecule has 1 aliphatic rings. The van der Waals surface area contributed by atoms with Crippen LogP contribution in [0.2, 0.25) is 5.02 Å². The predicted molar refractivity (Wildman–Crippen MR) is 96.2 cm³/mol. The van der Waals surface area contributed by atoms with E-state index >= 15 is 0 Å². The Balaban J connectivity index is 2.17. The van der Waals surface area contributed by atoms with Crippen LogP contribution in [0.4, 0.5) is 9.18 Å². The van der Waals surface area contributed by atoms with E-state index in [1.165, 1.54) is 12.1 Å². The number of nitriles is 1. The normalized spacial score (nSPS) is 18.9. The smallest absolute Gasteiger partial charge is 0.410 e. The first-order chi connectivity index (χ1) is 12.2. The average molecular weight is 383 g/mol. The van der Waals surface area contributed by atoms with Crippen molar-refractivity contribution in [2.45, 2.75) is 45.3 Å². The van der Waals surface area contributed by atoms with Crippen LogP contribution >= 0.6 is 11.6 Å². The maximum Gasteiger partial charge on any atom is 0.410 e. The third kappa shape index (κ3) is 5.58. The van der Waals surface area contributed by atoms with Crippen molar-refractivity contribution in [3.05, 3.63) is 34.6 Å². The van der Waals surface area contributed by atoms with Gasteiger partial charge in [-0.1, -0.05) is 17.7 Å². The van der Waals surface area contributed by atoms with Gasteiger partial charge in [0.15, 0.2) is 0 Å². The van der Waals surface area contributed by atoms with Crippen molar-refractivity contribution < 1.29 is 18.7 Å². The van der Waals surface area contributed by atoms with Crippen molar-refractivity contribution >= 4 is 17.7 Å². The molecule has 2 rings (SSSR count). The van der Waals surface area contributed by atoms with E-state index in [1.807, 2.05) is 26.8 Å². The van der Waals surface area contributed by atoms with Crippen molar-refractivity contribution in [3.63, 3.8) is 0 Å². The molecule has 0 N–H and O–H groups in total. The zero-order valence-electron chi connectivity index (χ0n) is 15.3. The number of halogens is 2. The molecule has 1 saturated heterocycles. The van der Waals surface area contributed by atoms with E-state index in [-0.39, 0.29) is 23.6 Å². The molecule has 0 bridgehead atoms. The SMILES string of the molecule is CC(C)(C)OC(=O)N1CCCC(C(OCC#N)c2ccc(F)c(Cl)c2)C1. The Hall–Kier alpha value is -1.84. The lowest BCUT2D eigenvalue weighted by molar-refractivity contribution is -0.0165. The van der Waals surface area contributed by atoms with E-state index in [0.29, 0.717) is 18.7 Å². The topological polar surface area (TPSA) is 62.6 Å². The van der Waals surface area contributed by atoms with Crippen LogP contribution in [0.25, 0.3) is 0 Å². The van der Waals surface area contributed by atoms with Crippen LogP contribution in [-0.4, -0.2) is 36.3 Å². The van der Waals surface area contributed by atoms with Gasteiger partial charge in [-0.3, -0.25) is 0 Å². The number of hydrogen-bond donors (Lipinski definition) is 0. The number of ether oxygens (including phenoxy) is 2. The summed E-state index contributed by atoms with van der Waals surface area (Å²) in [6.45, 7) is 6.44. The molecular weight excluding hydrogens is 359 g/mol. The summed E-state index contributed by atoms with van der Waals surface area (Å²) in [5, 5.41) is 8.89. The molecule has 26 heavy (non-hydrogen) atoms. The van der Waals surface area contributed by atoms with Crippen LogP contribution in [0, 0.1) is 23.1 Å². The molecule has 1 aromatic rings. The molecule has 2 atom stereocenters. The molecule has 0 aliphatic carbocycles. The lowest BCUT2D eigenvalue weighted by atomic mass is 9.88. The number of nitrogens with zero attached hydrogens (tertiary/aromatic N) is 2. The van der Waals surface area contributed by atoms with Gasteiger partial charge >= 0.3 is 6.09 Å². The van der Waals surface area contributed by atoms with Crippen LogP contribution in [-0.2, 0) is 9.47 Å². The van der Waals surface area contributed by atoms with Crippen molar-refractivity contribution in [1.82, 2.24) is 4.90 Å². The average Bonchev–Trinajstić information content (AvgIpc) is 2.57. The summed E-state index contributed by atoms with van der Waals surface area (Å²) >= 11 is 5.90. The van der Waals surface area contributed by atoms with Crippen LogP contribution in [0.5, 0.6) is 0 Å². The number of amides is 1. The maximum atomic E-state index is 13.5. The Morgan fingerprint density at radius 2 is 2.23 bits per heavy atom. The molecule has 1 amide bonds. The Morgan fingerprint density at radius 1 is 1.50 bits per heavy atom. The van der Waals surface area contributed by atoms with Gasteiger partial charge in [-0.15, -0.1) is 0 Å². The van der Waals surface area contributed by atoms with Gasteiger partial charge in [0.2, 0.25) is 0 Å². The Kier molecular flexibility index (Phi) is 6.85. The summed E-state index contributed by atoms with van der Waals surface area (Å²) in [4.78, 5) is 14.0. The lowest BCUT2D eigenvalue weighted by Gasteiger charge is -2.37. The fraction of sp³-hybridized carbons (Fsp3) is 0.579. The number of hydrogen-bond acceptors (Lipinski definition) is 4. The molecule has 1 aromatic carbocycles. The molecule has 1 fully saturated rings. The van der Waals surface area contributed by atoms with E-state index in [4.69, 9.17) is 26.3 Å². The van der Waals surface area contributed by atoms with E-state index < -0.39 is 17.5 Å². The maximum absolute atomic E-state index is 13.5. The Bertz CT molecular complexity index is 684. The minimum absolute atomic E-state index is 0.00728. The highest BCUT2D eigenvalue weighted by atomic mass is 35.5. The zero-order valence-corrected chi connectivity index (χ0v) is 16.1. The summed E-state index contributed by atoms with van der Waals surface area (Å²) in [5.41, 5.74) is 0.133. The molecule has 0 spiro atoms. The number of benzene rings is 1. The van der Waals surface area contributed by atoms with E-state index in [0.717, 1.165) is 12.8 Å². The molecule has 142 valence electrons.